The lowest BCUT2D eigenvalue weighted by molar-refractivity contribution is -0.140. The Morgan fingerprint density at radius 1 is 0.784 bits per heavy atom. The van der Waals surface area contributed by atoms with Crippen LogP contribution in [-0.2, 0) is 11.2 Å². The van der Waals surface area contributed by atoms with Gasteiger partial charge in [0.2, 0.25) is 0 Å². The van der Waals surface area contributed by atoms with Crippen molar-refractivity contribution in [2.24, 2.45) is 23.7 Å². The van der Waals surface area contributed by atoms with E-state index in [1.807, 2.05) is 36.7 Å². The molecule has 0 amide bonds. The summed E-state index contributed by atoms with van der Waals surface area (Å²) in [6.07, 6.45) is 24.4. The van der Waals surface area contributed by atoms with Crippen LogP contribution in [0.3, 0.4) is 0 Å². The van der Waals surface area contributed by atoms with E-state index < -0.39 is 0 Å². The summed E-state index contributed by atoms with van der Waals surface area (Å²) in [5.74, 6) is 3.99. The van der Waals surface area contributed by atoms with Crippen molar-refractivity contribution in [3.8, 4) is 17.1 Å². The van der Waals surface area contributed by atoms with E-state index in [0.717, 1.165) is 54.6 Å². The quantitative estimate of drug-likeness (QED) is 0.164. The van der Waals surface area contributed by atoms with E-state index in [-0.39, 0.29) is 11.9 Å². The zero-order chi connectivity index (χ0) is 25.9. The highest BCUT2D eigenvalue weighted by atomic mass is 16.5. The molecule has 202 valence electrons. The predicted molar refractivity (Wildman–Crippen MR) is 151 cm³/mol. The number of ether oxygens (including phenoxy) is 1. The Kier molecular flexibility index (Phi) is 11.0. The molecule has 0 saturated heterocycles. The molecule has 1 heterocycles. The summed E-state index contributed by atoms with van der Waals surface area (Å²) >= 11 is 0. The Balaban J connectivity index is 1.16. The highest BCUT2D eigenvalue weighted by Crippen LogP contribution is 2.42. The number of hydrogen-bond donors (Lipinski definition) is 0. The fourth-order valence-electron chi connectivity index (χ4n) is 6.60. The molecule has 1 aromatic heterocycles. The van der Waals surface area contributed by atoms with Crippen LogP contribution in [0.1, 0.15) is 116 Å². The van der Waals surface area contributed by atoms with Crippen molar-refractivity contribution in [3.05, 3.63) is 42.2 Å². The maximum atomic E-state index is 12.9. The van der Waals surface area contributed by atoms with Gasteiger partial charge in [0.05, 0.1) is 5.92 Å². The Morgan fingerprint density at radius 3 is 2.03 bits per heavy atom. The molecule has 0 aliphatic heterocycles. The summed E-state index contributed by atoms with van der Waals surface area (Å²) < 4.78 is 5.77. The smallest absolute Gasteiger partial charge is 0.314 e. The van der Waals surface area contributed by atoms with Gasteiger partial charge in [0.1, 0.15) is 5.75 Å². The molecule has 4 rings (SSSR count). The van der Waals surface area contributed by atoms with E-state index in [2.05, 4.69) is 23.8 Å². The van der Waals surface area contributed by atoms with Gasteiger partial charge in [-0.3, -0.25) is 4.79 Å². The molecule has 2 saturated carbocycles. The van der Waals surface area contributed by atoms with Gasteiger partial charge >= 0.3 is 5.97 Å². The number of carbonyl (C=O) groups excluding carboxylic acids is 1. The van der Waals surface area contributed by atoms with Gasteiger partial charge < -0.3 is 4.74 Å². The van der Waals surface area contributed by atoms with E-state index in [9.17, 15) is 4.79 Å². The minimum Gasteiger partial charge on any atom is -0.426 e. The molecule has 0 bridgehead atoms. The molecular weight excluding hydrogens is 456 g/mol. The molecule has 2 aliphatic carbocycles. The van der Waals surface area contributed by atoms with E-state index in [1.165, 1.54) is 77.0 Å². The molecule has 4 heteroatoms. The second-order valence-corrected chi connectivity index (χ2v) is 11.7. The molecule has 0 spiro atoms. The van der Waals surface area contributed by atoms with Crippen LogP contribution in [0.25, 0.3) is 11.4 Å². The number of nitrogens with zero attached hydrogens (tertiary/aromatic N) is 2. The number of aryl methyl sites for hydroxylation is 1. The highest BCUT2D eigenvalue weighted by molar-refractivity contribution is 5.75. The van der Waals surface area contributed by atoms with E-state index in [1.54, 1.807) is 0 Å². The van der Waals surface area contributed by atoms with E-state index in [0.29, 0.717) is 11.6 Å². The topological polar surface area (TPSA) is 52.1 Å². The van der Waals surface area contributed by atoms with Crippen LogP contribution >= 0.6 is 0 Å². The number of esters is 1. The van der Waals surface area contributed by atoms with Crippen LogP contribution < -0.4 is 4.74 Å². The van der Waals surface area contributed by atoms with Crippen molar-refractivity contribution in [3.63, 3.8) is 0 Å². The van der Waals surface area contributed by atoms with Gasteiger partial charge in [-0.25, -0.2) is 9.97 Å². The average molecular weight is 505 g/mol. The van der Waals surface area contributed by atoms with Crippen molar-refractivity contribution in [2.75, 3.05) is 0 Å². The lowest BCUT2D eigenvalue weighted by Gasteiger charge is -2.37. The number of hydrogen-bond acceptors (Lipinski definition) is 4. The molecule has 4 nitrogen and oxygen atoms in total. The third-order valence-corrected chi connectivity index (χ3v) is 8.95. The third kappa shape index (κ3) is 8.38. The van der Waals surface area contributed by atoms with E-state index in [4.69, 9.17) is 4.74 Å². The second-order valence-electron chi connectivity index (χ2n) is 11.7. The Morgan fingerprint density at radius 2 is 1.41 bits per heavy atom. The lowest BCUT2D eigenvalue weighted by Crippen LogP contribution is -2.30. The number of benzene rings is 1. The van der Waals surface area contributed by atoms with Crippen molar-refractivity contribution in [1.82, 2.24) is 9.97 Å². The Hall–Kier alpha value is -2.23. The van der Waals surface area contributed by atoms with Crippen LogP contribution in [0, 0.1) is 23.7 Å². The van der Waals surface area contributed by atoms with Gasteiger partial charge in [-0.1, -0.05) is 71.6 Å². The summed E-state index contributed by atoms with van der Waals surface area (Å²) in [6.45, 7) is 4.45. The summed E-state index contributed by atoms with van der Waals surface area (Å²) in [7, 11) is 0. The summed E-state index contributed by atoms with van der Waals surface area (Å²) in [5.41, 5.74) is 2.10. The fourth-order valence-corrected chi connectivity index (χ4v) is 6.60. The molecule has 37 heavy (non-hydrogen) atoms. The number of rotatable bonds is 12. The zero-order valence-corrected chi connectivity index (χ0v) is 23.3. The summed E-state index contributed by atoms with van der Waals surface area (Å²) in [6, 6.07) is 7.61. The molecule has 0 N–H and O–H groups in total. The van der Waals surface area contributed by atoms with Crippen LogP contribution in [0.2, 0.25) is 0 Å². The first kappa shape index (κ1) is 27.8. The van der Waals surface area contributed by atoms with Crippen molar-refractivity contribution in [1.29, 1.82) is 0 Å². The number of aromatic nitrogens is 2. The van der Waals surface area contributed by atoms with Crippen LogP contribution in [0.15, 0.2) is 36.7 Å². The second kappa shape index (κ2) is 14.6. The molecule has 0 unspecified atom stereocenters. The maximum absolute atomic E-state index is 12.9. The highest BCUT2D eigenvalue weighted by Gasteiger charge is 2.33. The first-order chi connectivity index (χ1) is 18.2. The molecule has 2 aromatic rings. The third-order valence-electron chi connectivity index (χ3n) is 8.95. The van der Waals surface area contributed by atoms with Gasteiger partial charge in [0.25, 0.3) is 0 Å². The number of unbranched alkanes of at least 4 members (excludes halogenated alkanes) is 4. The van der Waals surface area contributed by atoms with E-state index >= 15 is 0 Å². The Labute approximate surface area is 225 Å². The molecule has 2 fully saturated rings. The molecular formula is C33H48N2O2. The molecule has 0 atom stereocenters. The maximum Gasteiger partial charge on any atom is 0.314 e. The van der Waals surface area contributed by atoms with Crippen LogP contribution in [-0.4, -0.2) is 15.9 Å². The minimum atomic E-state index is -0.0573. The summed E-state index contributed by atoms with van der Waals surface area (Å²) in [4.78, 5) is 21.8. The lowest BCUT2D eigenvalue weighted by atomic mass is 9.68. The van der Waals surface area contributed by atoms with Gasteiger partial charge in [0.15, 0.2) is 5.82 Å². The van der Waals surface area contributed by atoms with Gasteiger partial charge in [-0.05, 0) is 92.5 Å². The van der Waals surface area contributed by atoms with Gasteiger partial charge in [-0.2, -0.15) is 0 Å². The molecule has 2 aliphatic rings. The monoisotopic (exact) mass is 504 g/mol. The average Bonchev–Trinajstić information content (AvgIpc) is 2.94. The first-order valence-electron chi connectivity index (χ1n) is 15.3. The predicted octanol–water partition coefficient (Wildman–Crippen LogP) is 8.97. The van der Waals surface area contributed by atoms with Crippen LogP contribution in [0.5, 0.6) is 5.75 Å². The van der Waals surface area contributed by atoms with Gasteiger partial charge in [-0.15, -0.1) is 0 Å². The Bertz CT molecular complexity index is 924. The van der Waals surface area contributed by atoms with Crippen LogP contribution in [0.4, 0.5) is 0 Å². The molecule has 0 radical (unpaired) electrons. The minimum absolute atomic E-state index is 0.0461. The number of carbonyl (C=O) groups is 1. The zero-order valence-electron chi connectivity index (χ0n) is 23.3. The van der Waals surface area contributed by atoms with Crippen molar-refractivity contribution < 1.29 is 9.53 Å². The largest absolute Gasteiger partial charge is 0.426 e. The normalized spacial score (nSPS) is 24.1. The van der Waals surface area contributed by atoms with Gasteiger partial charge in [0, 0.05) is 18.0 Å². The standard InChI is InChI=1S/C33H48N2O2/c1-3-5-6-7-8-10-25-11-13-27(14-12-25)28-15-17-30(18-16-28)33(36)37-31-21-19-29(20-22-31)32-34-23-26(9-4-2)24-35-32/h19-25,27-28,30H,3-18H2,1-2H3. The SMILES string of the molecule is CCCCCCCC1CCC(C2CCC(C(=O)Oc3ccc(-c4ncc(CCC)cn4)cc3)CC2)CC1. The first-order valence-corrected chi connectivity index (χ1v) is 15.3. The van der Waals surface area contributed by atoms with Crippen molar-refractivity contribution >= 4 is 5.97 Å². The fraction of sp³-hybridized carbons (Fsp3) is 0.667. The summed E-state index contributed by atoms with van der Waals surface area (Å²) in [5, 5.41) is 0. The van der Waals surface area contributed by atoms with Crippen molar-refractivity contribution in [2.45, 2.75) is 117 Å². The molecule has 1 aromatic carbocycles.